The summed E-state index contributed by atoms with van der Waals surface area (Å²) in [5, 5.41) is 7.86. The number of Topliss-reactive ketones (excluding diaryl/α,β-unsaturated/α-hetero) is 1. The molecule has 43 heavy (non-hydrogen) atoms. The Morgan fingerprint density at radius 3 is 2.07 bits per heavy atom. The Morgan fingerprint density at radius 2 is 1.53 bits per heavy atom. The summed E-state index contributed by atoms with van der Waals surface area (Å²) in [7, 11) is -2.90. The van der Waals surface area contributed by atoms with Crippen LogP contribution in [0.25, 0.3) is 0 Å². The number of amides is 3. The molecule has 0 fully saturated rings. The molecule has 0 bridgehead atoms. The Morgan fingerprint density at radius 1 is 0.930 bits per heavy atom. The van der Waals surface area contributed by atoms with Gasteiger partial charge < -0.3 is 25.1 Å². The second kappa shape index (κ2) is 15.8. The first kappa shape index (κ1) is 35.6. The number of ether oxygens (including phenoxy) is 1. The third-order valence-corrected chi connectivity index (χ3v) is 7.71. The van der Waals surface area contributed by atoms with Gasteiger partial charge in [0.2, 0.25) is 33.5 Å². The maximum atomic E-state index is 13.5. The molecule has 0 aliphatic rings. The van der Waals surface area contributed by atoms with Crippen LogP contribution in [0.3, 0.4) is 0 Å². The third kappa shape index (κ3) is 11.9. The predicted octanol–water partition coefficient (Wildman–Crippen LogP) is 2.33. The van der Waals surface area contributed by atoms with E-state index in [-0.39, 0.29) is 28.6 Å². The van der Waals surface area contributed by atoms with Crippen molar-refractivity contribution < 1.29 is 36.7 Å². The van der Waals surface area contributed by atoms with E-state index in [1.165, 1.54) is 31.6 Å². The van der Waals surface area contributed by atoms with E-state index in [2.05, 4.69) is 20.7 Å². The van der Waals surface area contributed by atoms with E-state index in [1.807, 2.05) is 34.6 Å². The third-order valence-electron chi connectivity index (χ3n) is 6.22. The minimum atomic E-state index is -4.23. The van der Waals surface area contributed by atoms with Crippen LogP contribution in [0.4, 0.5) is 0 Å². The van der Waals surface area contributed by atoms with E-state index in [0.717, 1.165) is 5.56 Å². The molecule has 0 spiro atoms. The summed E-state index contributed by atoms with van der Waals surface area (Å²) in [5.74, 6) is -2.53. The Balaban J connectivity index is 2.29. The molecule has 1 aromatic carbocycles. The second-order valence-electron chi connectivity index (χ2n) is 12.1. The van der Waals surface area contributed by atoms with Crippen molar-refractivity contribution in [2.45, 2.75) is 77.4 Å². The van der Waals surface area contributed by atoms with Gasteiger partial charge in [0.1, 0.15) is 12.1 Å². The number of ketones is 1. The molecule has 0 saturated heterocycles. The summed E-state index contributed by atoms with van der Waals surface area (Å²) in [5.41, 5.74) is 0.584. The summed E-state index contributed by atoms with van der Waals surface area (Å²) < 4.78 is 39.0. The summed E-state index contributed by atoms with van der Waals surface area (Å²) in [6.07, 6.45) is 1.12. The zero-order valence-electron chi connectivity index (χ0n) is 25.9. The van der Waals surface area contributed by atoms with Gasteiger partial charge in [-0.2, -0.15) is 4.72 Å². The summed E-state index contributed by atoms with van der Waals surface area (Å²) >= 11 is 0. The number of nitrogens with one attached hydrogen (secondary N) is 4. The molecule has 3 atom stereocenters. The highest BCUT2D eigenvalue weighted by Gasteiger charge is 2.33. The maximum Gasteiger partial charge on any atom is 0.245 e. The standard InChI is InChI=1S/C30H44N4O8S/c1-19(2)15-22(27(36)25-9-8-14-42-25)32-29(38)24(17-41-7)33-28(37)23(16-26(35)31-18-30(4,5)6)34-43(39,40)21-12-10-20(3)11-13-21/h8-14,19,22-24,34H,15-18H2,1-7H3,(H,31,35)(H,32,38)(H,33,37). The average molecular weight is 621 g/mol. The number of furan rings is 1. The van der Waals surface area contributed by atoms with Crippen molar-refractivity contribution in [2.24, 2.45) is 11.3 Å². The minimum absolute atomic E-state index is 0.0341. The SMILES string of the molecule is COCC(NC(=O)C(CC(=O)NCC(C)(C)C)NS(=O)(=O)c1ccc(C)cc1)C(=O)NC(CC(C)C)C(=O)c1ccco1. The molecule has 12 nitrogen and oxygen atoms in total. The molecule has 3 unspecified atom stereocenters. The number of carbonyl (C=O) groups is 4. The lowest BCUT2D eigenvalue weighted by Gasteiger charge is -2.25. The summed E-state index contributed by atoms with van der Waals surface area (Å²) in [6, 6.07) is 5.23. The first-order valence-corrected chi connectivity index (χ1v) is 15.5. The van der Waals surface area contributed by atoms with Crippen molar-refractivity contribution in [3.8, 4) is 0 Å². The second-order valence-corrected chi connectivity index (χ2v) is 13.8. The van der Waals surface area contributed by atoms with E-state index in [9.17, 15) is 27.6 Å². The number of benzene rings is 1. The minimum Gasteiger partial charge on any atom is -0.461 e. The fraction of sp³-hybridized carbons (Fsp3) is 0.533. The summed E-state index contributed by atoms with van der Waals surface area (Å²) in [6.45, 7) is 11.3. The van der Waals surface area contributed by atoms with E-state index >= 15 is 0 Å². The van der Waals surface area contributed by atoms with Crippen molar-refractivity contribution in [3.05, 3.63) is 54.0 Å². The molecule has 0 aliphatic carbocycles. The number of carbonyl (C=O) groups excluding carboxylic acids is 4. The molecule has 13 heteroatoms. The van der Waals surface area contributed by atoms with E-state index in [4.69, 9.17) is 9.15 Å². The van der Waals surface area contributed by atoms with Crippen LogP contribution in [0.2, 0.25) is 0 Å². The monoisotopic (exact) mass is 620 g/mol. The first-order valence-electron chi connectivity index (χ1n) is 14.1. The van der Waals surface area contributed by atoms with Crippen molar-refractivity contribution in [2.75, 3.05) is 20.3 Å². The molecule has 1 heterocycles. The quantitative estimate of drug-likeness (QED) is 0.207. The topological polar surface area (TPSA) is 173 Å². The molecule has 4 N–H and O–H groups in total. The molecule has 0 radical (unpaired) electrons. The fourth-order valence-corrected chi connectivity index (χ4v) is 5.16. The Labute approximate surface area is 253 Å². The molecule has 238 valence electrons. The van der Waals surface area contributed by atoms with Crippen molar-refractivity contribution in [3.63, 3.8) is 0 Å². The molecular weight excluding hydrogens is 576 g/mol. The number of hydrogen-bond donors (Lipinski definition) is 4. The van der Waals surface area contributed by atoms with Crippen LogP contribution >= 0.6 is 0 Å². The van der Waals surface area contributed by atoms with Gasteiger partial charge in [-0.3, -0.25) is 19.2 Å². The number of hydrogen-bond acceptors (Lipinski definition) is 8. The van der Waals surface area contributed by atoms with Gasteiger partial charge in [-0.1, -0.05) is 52.3 Å². The number of sulfonamides is 1. The highest BCUT2D eigenvalue weighted by Crippen LogP contribution is 2.15. The largest absolute Gasteiger partial charge is 0.461 e. The van der Waals surface area contributed by atoms with E-state index < -0.39 is 58.1 Å². The number of methoxy groups -OCH3 is 1. The number of aryl methyl sites for hydroxylation is 1. The maximum absolute atomic E-state index is 13.5. The Hall–Kier alpha value is -3.55. The molecule has 0 saturated carbocycles. The lowest BCUT2D eigenvalue weighted by molar-refractivity contribution is -0.132. The van der Waals surface area contributed by atoms with Gasteiger partial charge in [-0.05, 0) is 48.9 Å². The van der Waals surface area contributed by atoms with Crippen LogP contribution in [-0.2, 0) is 29.1 Å². The van der Waals surface area contributed by atoms with Crippen LogP contribution < -0.4 is 20.7 Å². The van der Waals surface area contributed by atoms with Crippen LogP contribution in [0.1, 0.15) is 63.6 Å². The molecule has 2 rings (SSSR count). The van der Waals surface area contributed by atoms with Gasteiger partial charge in [-0.15, -0.1) is 0 Å². The number of rotatable bonds is 16. The smallest absolute Gasteiger partial charge is 0.245 e. The van der Waals surface area contributed by atoms with Gasteiger partial charge in [0.15, 0.2) is 5.76 Å². The van der Waals surface area contributed by atoms with Gasteiger partial charge in [0.05, 0.1) is 30.2 Å². The van der Waals surface area contributed by atoms with Crippen LogP contribution in [0.15, 0.2) is 52.0 Å². The van der Waals surface area contributed by atoms with Gasteiger partial charge in [0.25, 0.3) is 0 Å². The fourth-order valence-electron chi connectivity index (χ4n) is 3.97. The molecule has 1 aromatic heterocycles. The lowest BCUT2D eigenvalue weighted by Crippen LogP contribution is -2.57. The van der Waals surface area contributed by atoms with Gasteiger partial charge in [-0.25, -0.2) is 8.42 Å². The van der Waals surface area contributed by atoms with Crippen LogP contribution in [0.5, 0.6) is 0 Å². The zero-order valence-corrected chi connectivity index (χ0v) is 26.7. The normalized spacial score (nSPS) is 14.0. The van der Waals surface area contributed by atoms with Gasteiger partial charge in [0, 0.05) is 13.7 Å². The van der Waals surface area contributed by atoms with Crippen molar-refractivity contribution in [1.29, 1.82) is 0 Å². The molecule has 0 aliphatic heterocycles. The lowest BCUT2D eigenvalue weighted by atomic mass is 9.97. The van der Waals surface area contributed by atoms with Crippen molar-refractivity contribution >= 4 is 33.5 Å². The van der Waals surface area contributed by atoms with E-state index in [1.54, 1.807) is 25.1 Å². The molecular formula is C30H44N4O8S. The highest BCUT2D eigenvalue weighted by molar-refractivity contribution is 7.89. The summed E-state index contributed by atoms with van der Waals surface area (Å²) in [4.78, 5) is 52.5. The predicted molar refractivity (Wildman–Crippen MR) is 161 cm³/mol. The van der Waals surface area contributed by atoms with E-state index in [0.29, 0.717) is 13.0 Å². The van der Waals surface area contributed by atoms with Crippen LogP contribution in [-0.4, -0.2) is 70.3 Å². The zero-order chi connectivity index (χ0) is 32.4. The molecule has 3 amide bonds. The van der Waals surface area contributed by atoms with Crippen LogP contribution in [0, 0.1) is 18.3 Å². The first-order chi connectivity index (χ1) is 20.0. The Bertz CT molecular complexity index is 1330. The Kier molecular flexibility index (Phi) is 13.1. The average Bonchev–Trinajstić information content (AvgIpc) is 3.45. The van der Waals surface area contributed by atoms with Crippen molar-refractivity contribution in [1.82, 2.24) is 20.7 Å². The highest BCUT2D eigenvalue weighted by atomic mass is 32.2. The van der Waals surface area contributed by atoms with Gasteiger partial charge >= 0.3 is 0 Å². The molecule has 2 aromatic rings.